The first kappa shape index (κ1) is 17.5. The van der Waals surface area contributed by atoms with E-state index in [-0.39, 0.29) is 12.5 Å². The number of thiazole rings is 1. The Labute approximate surface area is 162 Å². The third-order valence-electron chi connectivity index (χ3n) is 4.38. The first-order valence-corrected chi connectivity index (χ1v) is 9.74. The number of aryl methyl sites for hydroxylation is 1. The maximum Gasteiger partial charge on any atom is 0.264 e. The quantitative estimate of drug-likeness (QED) is 0.734. The lowest BCUT2D eigenvalue weighted by Crippen LogP contribution is -2.44. The lowest BCUT2D eigenvalue weighted by Gasteiger charge is -2.25. The van der Waals surface area contributed by atoms with Crippen molar-refractivity contribution < 1.29 is 14.3 Å². The Bertz CT molecular complexity index is 937. The van der Waals surface area contributed by atoms with Crippen molar-refractivity contribution >= 4 is 17.2 Å². The number of rotatable bonds is 5. The number of carbonyl (C=O) groups is 1. The van der Waals surface area contributed by atoms with Crippen LogP contribution in [0.2, 0.25) is 0 Å². The van der Waals surface area contributed by atoms with Crippen molar-refractivity contribution in [3.63, 3.8) is 0 Å². The highest BCUT2D eigenvalue weighted by atomic mass is 32.1. The maximum absolute atomic E-state index is 12.3. The van der Waals surface area contributed by atoms with Gasteiger partial charge in [-0.25, -0.2) is 4.98 Å². The molecule has 1 N–H and O–H groups in total. The van der Waals surface area contributed by atoms with E-state index in [4.69, 9.17) is 9.47 Å². The average Bonchev–Trinajstić information content (AvgIpc) is 3.14. The number of amides is 1. The fourth-order valence-electron chi connectivity index (χ4n) is 2.93. The second-order valence-corrected chi connectivity index (χ2v) is 7.42. The van der Waals surface area contributed by atoms with Crippen LogP contribution in [0.4, 0.5) is 0 Å². The summed E-state index contributed by atoms with van der Waals surface area (Å²) in [5.41, 5.74) is 3.28. The summed E-state index contributed by atoms with van der Waals surface area (Å²) in [6.45, 7) is 2.78. The van der Waals surface area contributed by atoms with E-state index in [9.17, 15) is 4.79 Å². The number of aromatic nitrogens is 1. The molecule has 0 fully saturated rings. The second kappa shape index (κ2) is 7.80. The zero-order valence-corrected chi connectivity index (χ0v) is 15.8. The SMILES string of the molecule is Cc1nc(-c2ccc(CCNC(=O)[C@H]3COc4ccccc4O3)cc2)cs1. The fraction of sp³-hybridized carbons (Fsp3) is 0.238. The molecule has 0 saturated heterocycles. The smallest absolute Gasteiger partial charge is 0.264 e. The molecule has 0 bridgehead atoms. The Morgan fingerprint density at radius 1 is 1.19 bits per heavy atom. The standard InChI is InChI=1S/C21H20N2O3S/c1-14-23-17(13-27-14)16-8-6-15(7-9-16)10-11-22-21(24)20-12-25-18-4-2-3-5-19(18)26-20/h2-9,13,20H,10-12H2,1H3,(H,22,24)/t20-/m1/s1. The summed E-state index contributed by atoms with van der Waals surface area (Å²) < 4.78 is 11.3. The fourth-order valence-corrected chi connectivity index (χ4v) is 3.55. The highest BCUT2D eigenvalue weighted by Gasteiger charge is 2.26. The molecule has 0 saturated carbocycles. The molecule has 0 aliphatic carbocycles. The molecule has 4 rings (SSSR count). The van der Waals surface area contributed by atoms with Crippen LogP contribution in [0.25, 0.3) is 11.3 Å². The van der Waals surface area contributed by atoms with Gasteiger partial charge in [0.25, 0.3) is 5.91 Å². The lowest BCUT2D eigenvalue weighted by atomic mass is 10.1. The molecule has 138 valence electrons. The highest BCUT2D eigenvalue weighted by molar-refractivity contribution is 7.09. The Morgan fingerprint density at radius 2 is 1.96 bits per heavy atom. The third-order valence-corrected chi connectivity index (χ3v) is 5.16. The van der Waals surface area contributed by atoms with Crippen molar-refractivity contribution in [2.24, 2.45) is 0 Å². The summed E-state index contributed by atoms with van der Waals surface area (Å²) in [5, 5.41) is 6.05. The molecule has 2 heterocycles. The molecule has 1 aliphatic heterocycles. The highest BCUT2D eigenvalue weighted by Crippen LogP contribution is 2.30. The lowest BCUT2D eigenvalue weighted by molar-refractivity contribution is -0.130. The molecule has 2 aromatic carbocycles. The predicted octanol–water partition coefficient (Wildman–Crippen LogP) is 3.62. The van der Waals surface area contributed by atoms with E-state index in [0.717, 1.165) is 28.2 Å². The van der Waals surface area contributed by atoms with Gasteiger partial charge in [0, 0.05) is 17.5 Å². The van der Waals surface area contributed by atoms with E-state index < -0.39 is 6.10 Å². The van der Waals surface area contributed by atoms with E-state index in [1.165, 1.54) is 0 Å². The van der Waals surface area contributed by atoms with Gasteiger partial charge >= 0.3 is 0 Å². The minimum atomic E-state index is -0.616. The number of nitrogens with zero attached hydrogens (tertiary/aromatic N) is 1. The third kappa shape index (κ3) is 4.11. The molecule has 5 nitrogen and oxygen atoms in total. The Balaban J connectivity index is 1.28. The summed E-state index contributed by atoms with van der Waals surface area (Å²) in [6.07, 6.45) is 0.141. The van der Waals surface area contributed by atoms with Crippen molar-refractivity contribution in [1.82, 2.24) is 10.3 Å². The molecule has 1 aromatic heterocycles. The molecule has 27 heavy (non-hydrogen) atoms. The van der Waals surface area contributed by atoms with E-state index in [1.807, 2.05) is 25.1 Å². The normalized spacial score (nSPS) is 15.4. The zero-order valence-electron chi connectivity index (χ0n) is 15.0. The minimum absolute atomic E-state index is 0.154. The number of hydrogen-bond acceptors (Lipinski definition) is 5. The number of ether oxygens (including phenoxy) is 2. The van der Waals surface area contributed by atoms with Crippen LogP contribution in [0.3, 0.4) is 0 Å². The molecular weight excluding hydrogens is 360 g/mol. The maximum atomic E-state index is 12.3. The number of para-hydroxylation sites is 2. The van der Waals surface area contributed by atoms with E-state index in [2.05, 4.69) is 39.9 Å². The summed E-state index contributed by atoms with van der Waals surface area (Å²) in [4.78, 5) is 16.8. The van der Waals surface area contributed by atoms with Crippen LogP contribution in [-0.2, 0) is 11.2 Å². The summed E-state index contributed by atoms with van der Waals surface area (Å²) in [5.74, 6) is 1.13. The van der Waals surface area contributed by atoms with Gasteiger partial charge in [-0.05, 0) is 31.0 Å². The van der Waals surface area contributed by atoms with Gasteiger partial charge in [0.2, 0.25) is 6.10 Å². The van der Waals surface area contributed by atoms with Gasteiger partial charge in [0.15, 0.2) is 11.5 Å². The van der Waals surface area contributed by atoms with E-state index in [0.29, 0.717) is 18.0 Å². The van der Waals surface area contributed by atoms with Gasteiger partial charge in [-0.15, -0.1) is 11.3 Å². The molecule has 0 radical (unpaired) electrons. The molecule has 0 spiro atoms. The van der Waals surface area contributed by atoms with Crippen molar-refractivity contribution in [3.05, 3.63) is 64.5 Å². The molecule has 1 aliphatic rings. The van der Waals surface area contributed by atoms with Gasteiger partial charge in [-0.3, -0.25) is 4.79 Å². The van der Waals surface area contributed by atoms with E-state index in [1.54, 1.807) is 17.4 Å². The van der Waals surface area contributed by atoms with Crippen LogP contribution in [-0.4, -0.2) is 30.1 Å². The first-order chi connectivity index (χ1) is 13.2. The van der Waals surface area contributed by atoms with Crippen molar-refractivity contribution in [2.45, 2.75) is 19.4 Å². The second-order valence-electron chi connectivity index (χ2n) is 6.35. The van der Waals surface area contributed by atoms with Gasteiger partial charge in [-0.1, -0.05) is 36.4 Å². The van der Waals surface area contributed by atoms with Gasteiger partial charge in [0.1, 0.15) is 6.61 Å². The molecule has 0 unspecified atom stereocenters. The number of fused-ring (bicyclic) bond motifs is 1. The van der Waals surface area contributed by atoms with Crippen molar-refractivity contribution in [2.75, 3.05) is 13.2 Å². The summed E-state index contributed by atoms with van der Waals surface area (Å²) >= 11 is 1.65. The largest absolute Gasteiger partial charge is 0.485 e. The summed E-state index contributed by atoms with van der Waals surface area (Å²) in [7, 11) is 0. The molecule has 3 aromatic rings. The molecule has 6 heteroatoms. The van der Waals surface area contributed by atoms with Gasteiger partial charge < -0.3 is 14.8 Å². The Hall–Kier alpha value is -2.86. The van der Waals surface area contributed by atoms with Crippen LogP contribution < -0.4 is 14.8 Å². The Morgan fingerprint density at radius 3 is 2.70 bits per heavy atom. The van der Waals surface area contributed by atoms with Gasteiger partial charge in [0.05, 0.1) is 10.7 Å². The van der Waals surface area contributed by atoms with Crippen LogP contribution in [0.5, 0.6) is 11.5 Å². The number of hydrogen-bond donors (Lipinski definition) is 1. The van der Waals surface area contributed by atoms with Crippen LogP contribution in [0, 0.1) is 6.92 Å². The molecule has 1 amide bonds. The summed E-state index contributed by atoms with van der Waals surface area (Å²) in [6, 6.07) is 15.7. The number of nitrogens with one attached hydrogen (secondary N) is 1. The Kier molecular flexibility index (Phi) is 5.07. The average molecular weight is 380 g/mol. The number of benzene rings is 2. The first-order valence-electron chi connectivity index (χ1n) is 8.87. The van der Waals surface area contributed by atoms with E-state index >= 15 is 0 Å². The van der Waals surface area contributed by atoms with Crippen molar-refractivity contribution in [3.8, 4) is 22.8 Å². The predicted molar refractivity (Wildman–Crippen MR) is 105 cm³/mol. The number of carbonyl (C=O) groups excluding carboxylic acids is 1. The molecular formula is C21H20N2O3S. The zero-order chi connectivity index (χ0) is 18.6. The van der Waals surface area contributed by atoms with Crippen LogP contribution in [0.1, 0.15) is 10.6 Å². The monoisotopic (exact) mass is 380 g/mol. The minimum Gasteiger partial charge on any atom is -0.485 e. The van der Waals surface area contributed by atoms with Crippen molar-refractivity contribution in [1.29, 1.82) is 0 Å². The van der Waals surface area contributed by atoms with Crippen LogP contribution >= 0.6 is 11.3 Å². The topological polar surface area (TPSA) is 60.5 Å². The van der Waals surface area contributed by atoms with Crippen LogP contribution in [0.15, 0.2) is 53.9 Å². The van der Waals surface area contributed by atoms with Gasteiger partial charge in [-0.2, -0.15) is 0 Å². The molecule has 1 atom stereocenters.